The van der Waals surface area contributed by atoms with Gasteiger partial charge < -0.3 is 10.0 Å². The molecule has 0 amide bonds. The molecule has 2 aliphatic rings. The van der Waals surface area contributed by atoms with Crippen LogP contribution in [0.5, 0.6) is 0 Å². The van der Waals surface area contributed by atoms with Gasteiger partial charge in [0.15, 0.2) is 11.5 Å². The molecule has 1 saturated heterocycles. The molecule has 1 aliphatic heterocycles. The standard InChI is InChI=1S/C13H18N4O2/c18-13(19)11-3-4-12(15-14-11)17-7-5-16(6-8-17)9-10-1-2-10/h3-4,10H,1-2,5-9H2,(H,18,19). The summed E-state index contributed by atoms with van der Waals surface area (Å²) in [6, 6.07) is 3.26. The summed E-state index contributed by atoms with van der Waals surface area (Å²) in [4.78, 5) is 15.4. The first kappa shape index (κ1) is 12.3. The van der Waals surface area contributed by atoms with Crippen LogP contribution in [0, 0.1) is 5.92 Å². The fourth-order valence-electron chi connectivity index (χ4n) is 2.43. The Labute approximate surface area is 112 Å². The quantitative estimate of drug-likeness (QED) is 0.861. The Morgan fingerprint density at radius 3 is 2.47 bits per heavy atom. The van der Waals surface area contributed by atoms with Crippen molar-refractivity contribution in [2.75, 3.05) is 37.6 Å². The molecule has 6 heteroatoms. The van der Waals surface area contributed by atoms with Gasteiger partial charge in [0.05, 0.1) is 0 Å². The number of anilines is 1. The highest BCUT2D eigenvalue weighted by Gasteiger charge is 2.26. The van der Waals surface area contributed by atoms with Crippen molar-refractivity contribution in [3.05, 3.63) is 17.8 Å². The van der Waals surface area contributed by atoms with Gasteiger partial charge in [-0.1, -0.05) is 0 Å². The molecule has 19 heavy (non-hydrogen) atoms. The smallest absolute Gasteiger partial charge is 0.356 e. The predicted molar refractivity (Wildman–Crippen MR) is 70.4 cm³/mol. The number of hydrogen-bond acceptors (Lipinski definition) is 5. The van der Waals surface area contributed by atoms with Crippen molar-refractivity contribution in [2.45, 2.75) is 12.8 Å². The van der Waals surface area contributed by atoms with E-state index in [1.807, 2.05) is 0 Å². The van der Waals surface area contributed by atoms with Crippen LogP contribution in [0.3, 0.4) is 0 Å². The summed E-state index contributed by atoms with van der Waals surface area (Å²) >= 11 is 0. The van der Waals surface area contributed by atoms with Crippen molar-refractivity contribution >= 4 is 11.8 Å². The van der Waals surface area contributed by atoms with Crippen molar-refractivity contribution in [3.63, 3.8) is 0 Å². The molecule has 3 rings (SSSR count). The molecule has 1 aliphatic carbocycles. The molecule has 0 aromatic carbocycles. The average molecular weight is 262 g/mol. The van der Waals surface area contributed by atoms with E-state index in [2.05, 4.69) is 20.0 Å². The second kappa shape index (κ2) is 5.13. The summed E-state index contributed by atoms with van der Waals surface area (Å²) in [7, 11) is 0. The van der Waals surface area contributed by atoms with Gasteiger partial charge in [-0.15, -0.1) is 10.2 Å². The number of carbonyl (C=O) groups is 1. The van der Waals surface area contributed by atoms with Gasteiger partial charge in [-0.25, -0.2) is 4.79 Å². The van der Waals surface area contributed by atoms with Crippen molar-refractivity contribution in [1.82, 2.24) is 15.1 Å². The maximum atomic E-state index is 10.7. The second-order valence-electron chi connectivity index (χ2n) is 5.31. The lowest BCUT2D eigenvalue weighted by atomic mass is 10.2. The largest absolute Gasteiger partial charge is 0.476 e. The van der Waals surface area contributed by atoms with Crippen LogP contribution in [0.25, 0.3) is 0 Å². The van der Waals surface area contributed by atoms with E-state index in [0.29, 0.717) is 0 Å². The molecule has 2 heterocycles. The Balaban J connectivity index is 1.56. The van der Waals surface area contributed by atoms with E-state index in [0.717, 1.165) is 37.9 Å². The number of carboxylic acid groups (broad SMARTS) is 1. The van der Waals surface area contributed by atoms with E-state index in [-0.39, 0.29) is 5.69 Å². The molecule has 6 nitrogen and oxygen atoms in total. The fourth-order valence-corrected chi connectivity index (χ4v) is 2.43. The highest BCUT2D eigenvalue weighted by atomic mass is 16.4. The van der Waals surface area contributed by atoms with Gasteiger partial charge in [0.2, 0.25) is 0 Å². The zero-order chi connectivity index (χ0) is 13.2. The lowest BCUT2D eigenvalue weighted by molar-refractivity contribution is 0.0689. The summed E-state index contributed by atoms with van der Waals surface area (Å²) in [6.45, 7) is 5.22. The Morgan fingerprint density at radius 2 is 1.95 bits per heavy atom. The van der Waals surface area contributed by atoms with Gasteiger partial charge in [0, 0.05) is 32.7 Å². The van der Waals surface area contributed by atoms with Crippen LogP contribution in [0.1, 0.15) is 23.3 Å². The summed E-state index contributed by atoms with van der Waals surface area (Å²) in [5.41, 5.74) is -0.00359. The zero-order valence-electron chi connectivity index (χ0n) is 10.8. The van der Waals surface area contributed by atoms with E-state index < -0.39 is 5.97 Å². The van der Waals surface area contributed by atoms with Gasteiger partial charge in [0.25, 0.3) is 0 Å². The molecule has 1 saturated carbocycles. The van der Waals surface area contributed by atoms with Crippen molar-refractivity contribution in [1.29, 1.82) is 0 Å². The first-order valence-electron chi connectivity index (χ1n) is 6.77. The van der Waals surface area contributed by atoms with Crippen molar-refractivity contribution < 1.29 is 9.90 Å². The number of rotatable bonds is 4. The molecule has 2 fully saturated rings. The molecule has 0 unspecified atom stereocenters. The fraction of sp³-hybridized carbons (Fsp3) is 0.615. The Kier molecular flexibility index (Phi) is 3.33. The molecule has 1 aromatic rings. The third kappa shape index (κ3) is 3.01. The Hall–Kier alpha value is -1.69. The number of aromatic carboxylic acids is 1. The summed E-state index contributed by atoms with van der Waals surface area (Å²) in [5, 5.41) is 16.5. The zero-order valence-corrected chi connectivity index (χ0v) is 10.8. The Morgan fingerprint density at radius 1 is 1.21 bits per heavy atom. The summed E-state index contributed by atoms with van der Waals surface area (Å²) in [5.74, 6) is 0.672. The minimum Gasteiger partial charge on any atom is -0.476 e. The van der Waals surface area contributed by atoms with Gasteiger partial charge in [-0.2, -0.15) is 0 Å². The predicted octanol–water partition coefficient (Wildman–Crippen LogP) is 0.707. The molecule has 102 valence electrons. The Bertz CT molecular complexity index is 450. The molecule has 1 aromatic heterocycles. The topological polar surface area (TPSA) is 69.6 Å². The third-order valence-electron chi connectivity index (χ3n) is 3.78. The SMILES string of the molecule is O=C(O)c1ccc(N2CCN(CC3CC3)CC2)nn1. The highest BCUT2D eigenvalue weighted by Crippen LogP contribution is 2.30. The molecule has 0 bridgehead atoms. The number of nitrogens with zero attached hydrogens (tertiary/aromatic N) is 4. The van der Waals surface area contributed by atoms with E-state index in [1.54, 1.807) is 6.07 Å². The van der Waals surface area contributed by atoms with Crippen LogP contribution < -0.4 is 4.90 Å². The molecular weight excluding hydrogens is 244 g/mol. The van der Waals surface area contributed by atoms with Crippen LogP contribution >= 0.6 is 0 Å². The minimum atomic E-state index is -1.03. The molecule has 0 radical (unpaired) electrons. The lowest BCUT2D eigenvalue weighted by Gasteiger charge is -2.35. The number of hydrogen-bond donors (Lipinski definition) is 1. The maximum absolute atomic E-state index is 10.7. The van der Waals surface area contributed by atoms with Crippen LogP contribution in [0.2, 0.25) is 0 Å². The van der Waals surface area contributed by atoms with Gasteiger partial charge in [-0.3, -0.25) is 4.90 Å². The summed E-state index contributed by atoms with van der Waals surface area (Å²) < 4.78 is 0. The minimum absolute atomic E-state index is 0.00359. The molecule has 1 N–H and O–H groups in total. The van der Waals surface area contributed by atoms with E-state index in [1.165, 1.54) is 25.5 Å². The third-order valence-corrected chi connectivity index (χ3v) is 3.78. The first-order chi connectivity index (χ1) is 9.22. The number of carboxylic acids is 1. The van der Waals surface area contributed by atoms with Crippen molar-refractivity contribution in [3.8, 4) is 0 Å². The van der Waals surface area contributed by atoms with Gasteiger partial charge >= 0.3 is 5.97 Å². The number of aromatic nitrogens is 2. The summed E-state index contributed by atoms with van der Waals surface area (Å²) in [6.07, 6.45) is 2.78. The molecule has 0 spiro atoms. The van der Waals surface area contributed by atoms with Crippen LogP contribution in [0.15, 0.2) is 12.1 Å². The van der Waals surface area contributed by atoms with Crippen LogP contribution in [-0.4, -0.2) is 58.9 Å². The van der Waals surface area contributed by atoms with E-state index >= 15 is 0 Å². The molecular formula is C13H18N4O2. The van der Waals surface area contributed by atoms with Crippen LogP contribution in [0.4, 0.5) is 5.82 Å². The van der Waals surface area contributed by atoms with Gasteiger partial charge in [-0.05, 0) is 30.9 Å². The monoisotopic (exact) mass is 262 g/mol. The normalized spacial score (nSPS) is 20.5. The average Bonchev–Trinajstić information content (AvgIpc) is 3.24. The number of piperazine rings is 1. The van der Waals surface area contributed by atoms with E-state index in [9.17, 15) is 4.79 Å². The second-order valence-corrected chi connectivity index (χ2v) is 5.31. The lowest BCUT2D eigenvalue weighted by Crippen LogP contribution is -2.47. The van der Waals surface area contributed by atoms with Gasteiger partial charge in [0.1, 0.15) is 0 Å². The maximum Gasteiger partial charge on any atom is 0.356 e. The van der Waals surface area contributed by atoms with E-state index in [4.69, 9.17) is 5.11 Å². The van der Waals surface area contributed by atoms with Crippen LogP contribution in [-0.2, 0) is 0 Å². The molecule has 0 atom stereocenters. The first-order valence-corrected chi connectivity index (χ1v) is 6.77. The highest BCUT2D eigenvalue weighted by molar-refractivity contribution is 5.85. The van der Waals surface area contributed by atoms with Crippen molar-refractivity contribution in [2.24, 2.45) is 5.92 Å².